The van der Waals surface area contributed by atoms with Crippen molar-refractivity contribution in [3.8, 4) is 0 Å². The third-order valence-electron chi connectivity index (χ3n) is 2.63. The van der Waals surface area contributed by atoms with E-state index >= 15 is 0 Å². The Morgan fingerprint density at radius 3 is 2.00 bits per heavy atom. The van der Waals surface area contributed by atoms with Crippen LogP contribution in [0.4, 0.5) is 11.4 Å². The van der Waals surface area contributed by atoms with Crippen LogP contribution in [0.25, 0.3) is 0 Å². The molecule has 0 fully saturated rings. The average molecular weight is 272 g/mol. The molecule has 0 saturated carbocycles. The molecule has 102 valence electrons. The number of aliphatic hydroxyl groups is 1. The first-order valence-electron chi connectivity index (χ1n) is 5.65. The average Bonchev–Trinajstić information content (AvgIpc) is 2.17. The second kappa shape index (κ2) is 5.16. The standard InChI is InChI=1S/C12H20N2O3S/c1-9(12(2,3)15)13-10-5-7-11(8-6-10)14-18(4,16)17/h5-9,13-15H,1-4H3. The summed E-state index contributed by atoms with van der Waals surface area (Å²) in [5.41, 5.74) is 0.506. The van der Waals surface area contributed by atoms with Crippen LogP contribution in [0.5, 0.6) is 0 Å². The molecule has 18 heavy (non-hydrogen) atoms. The molecule has 0 aliphatic heterocycles. The topological polar surface area (TPSA) is 78.4 Å². The number of hydrogen-bond acceptors (Lipinski definition) is 4. The maximum atomic E-state index is 11.0. The zero-order chi connectivity index (χ0) is 14.0. The Bertz CT molecular complexity index is 489. The number of rotatable bonds is 5. The SMILES string of the molecule is CC(Nc1ccc(NS(C)(=O)=O)cc1)C(C)(C)O. The lowest BCUT2D eigenvalue weighted by Crippen LogP contribution is -2.39. The summed E-state index contributed by atoms with van der Waals surface area (Å²) in [4.78, 5) is 0. The van der Waals surface area contributed by atoms with Gasteiger partial charge >= 0.3 is 0 Å². The van der Waals surface area contributed by atoms with Gasteiger partial charge in [-0.2, -0.15) is 0 Å². The van der Waals surface area contributed by atoms with E-state index in [-0.39, 0.29) is 6.04 Å². The fraction of sp³-hybridized carbons (Fsp3) is 0.500. The summed E-state index contributed by atoms with van der Waals surface area (Å²) in [5, 5.41) is 12.9. The second-order valence-electron chi connectivity index (χ2n) is 4.97. The smallest absolute Gasteiger partial charge is 0.229 e. The van der Waals surface area contributed by atoms with Crippen molar-refractivity contribution in [1.29, 1.82) is 0 Å². The van der Waals surface area contributed by atoms with E-state index in [4.69, 9.17) is 0 Å². The highest BCUT2D eigenvalue weighted by atomic mass is 32.2. The van der Waals surface area contributed by atoms with Crippen molar-refractivity contribution in [3.63, 3.8) is 0 Å². The minimum Gasteiger partial charge on any atom is -0.388 e. The van der Waals surface area contributed by atoms with E-state index in [1.807, 2.05) is 6.92 Å². The Morgan fingerprint density at radius 1 is 1.17 bits per heavy atom. The van der Waals surface area contributed by atoms with Gasteiger partial charge in [0.25, 0.3) is 0 Å². The highest BCUT2D eigenvalue weighted by Crippen LogP contribution is 2.18. The molecular weight excluding hydrogens is 252 g/mol. The molecule has 0 aliphatic carbocycles. The third-order valence-corrected chi connectivity index (χ3v) is 3.24. The molecule has 1 aromatic carbocycles. The van der Waals surface area contributed by atoms with E-state index < -0.39 is 15.6 Å². The van der Waals surface area contributed by atoms with Gasteiger partial charge in [-0.15, -0.1) is 0 Å². The van der Waals surface area contributed by atoms with E-state index in [2.05, 4.69) is 10.0 Å². The lowest BCUT2D eigenvalue weighted by atomic mass is 10.0. The molecular formula is C12H20N2O3S. The van der Waals surface area contributed by atoms with Crippen molar-refractivity contribution in [2.24, 2.45) is 0 Å². The molecule has 5 nitrogen and oxygen atoms in total. The zero-order valence-corrected chi connectivity index (χ0v) is 11.9. The van der Waals surface area contributed by atoms with E-state index in [1.165, 1.54) is 0 Å². The van der Waals surface area contributed by atoms with Gasteiger partial charge in [0.05, 0.1) is 17.9 Å². The number of anilines is 2. The first kappa shape index (κ1) is 14.8. The summed E-state index contributed by atoms with van der Waals surface area (Å²) < 4.78 is 24.5. The molecule has 6 heteroatoms. The van der Waals surface area contributed by atoms with Crippen molar-refractivity contribution in [2.45, 2.75) is 32.4 Å². The number of hydrogen-bond donors (Lipinski definition) is 3. The van der Waals surface area contributed by atoms with Crippen LogP contribution in [0, 0.1) is 0 Å². The van der Waals surface area contributed by atoms with Crippen LogP contribution in [0.1, 0.15) is 20.8 Å². The van der Waals surface area contributed by atoms with Crippen molar-refractivity contribution in [3.05, 3.63) is 24.3 Å². The Balaban J connectivity index is 2.72. The quantitative estimate of drug-likeness (QED) is 0.761. The predicted molar refractivity (Wildman–Crippen MR) is 74.3 cm³/mol. The molecule has 0 saturated heterocycles. The van der Waals surface area contributed by atoms with Gasteiger partial charge in [0.1, 0.15) is 0 Å². The van der Waals surface area contributed by atoms with Crippen molar-refractivity contribution < 1.29 is 13.5 Å². The van der Waals surface area contributed by atoms with Crippen LogP contribution in [0.3, 0.4) is 0 Å². The van der Waals surface area contributed by atoms with Gasteiger partial charge in [-0.25, -0.2) is 8.42 Å². The molecule has 1 unspecified atom stereocenters. The second-order valence-corrected chi connectivity index (χ2v) is 6.72. The lowest BCUT2D eigenvalue weighted by molar-refractivity contribution is 0.0649. The Kier molecular flexibility index (Phi) is 4.24. The van der Waals surface area contributed by atoms with Crippen LogP contribution < -0.4 is 10.0 Å². The van der Waals surface area contributed by atoms with Crippen molar-refractivity contribution in [1.82, 2.24) is 0 Å². The van der Waals surface area contributed by atoms with E-state index in [1.54, 1.807) is 38.1 Å². The fourth-order valence-electron chi connectivity index (χ4n) is 1.28. The summed E-state index contributed by atoms with van der Waals surface area (Å²) in [6, 6.07) is 6.73. The van der Waals surface area contributed by atoms with Crippen LogP contribution in [-0.2, 0) is 10.0 Å². The number of nitrogens with one attached hydrogen (secondary N) is 2. The molecule has 1 atom stereocenters. The highest BCUT2D eigenvalue weighted by molar-refractivity contribution is 7.92. The molecule has 0 aromatic heterocycles. The fourth-order valence-corrected chi connectivity index (χ4v) is 1.84. The van der Waals surface area contributed by atoms with Crippen molar-refractivity contribution in [2.75, 3.05) is 16.3 Å². The molecule has 0 heterocycles. The Labute approximate surface area is 108 Å². The largest absolute Gasteiger partial charge is 0.388 e. The summed E-state index contributed by atoms with van der Waals surface area (Å²) in [7, 11) is -3.25. The summed E-state index contributed by atoms with van der Waals surface area (Å²) in [6.45, 7) is 5.33. The van der Waals surface area contributed by atoms with Crippen molar-refractivity contribution >= 4 is 21.4 Å². The molecule has 1 rings (SSSR count). The maximum Gasteiger partial charge on any atom is 0.229 e. The van der Waals surface area contributed by atoms with E-state index in [0.29, 0.717) is 5.69 Å². The van der Waals surface area contributed by atoms with Crippen LogP contribution in [0.15, 0.2) is 24.3 Å². The lowest BCUT2D eigenvalue weighted by Gasteiger charge is -2.27. The summed E-state index contributed by atoms with van der Waals surface area (Å²) >= 11 is 0. The molecule has 0 spiro atoms. The van der Waals surface area contributed by atoms with Gasteiger partial charge in [0.2, 0.25) is 10.0 Å². The van der Waals surface area contributed by atoms with Gasteiger partial charge in [0, 0.05) is 11.4 Å². The molecule has 0 bridgehead atoms. The van der Waals surface area contributed by atoms with Gasteiger partial charge in [-0.1, -0.05) is 0 Å². The molecule has 1 aromatic rings. The van der Waals surface area contributed by atoms with Crippen LogP contribution >= 0.6 is 0 Å². The third kappa shape index (κ3) is 4.93. The number of benzene rings is 1. The first-order chi connectivity index (χ1) is 8.08. The maximum absolute atomic E-state index is 11.0. The van der Waals surface area contributed by atoms with E-state index in [0.717, 1.165) is 11.9 Å². The van der Waals surface area contributed by atoms with Gasteiger partial charge in [-0.3, -0.25) is 4.72 Å². The number of sulfonamides is 1. The minimum atomic E-state index is -3.25. The van der Waals surface area contributed by atoms with Gasteiger partial charge in [0.15, 0.2) is 0 Å². The predicted octanol–water partition coefficient (Wildman–Crippen LogP) is 1.63. The summed E-state index contributed by atoms with van der Waals surface area (Å²) in [5.74, 6) is 0. The zero-order valence-electron chi connectivity index (χ0n) is 11.1. The molecule has 0 aliphatic rings. The first-order valence-corrected chi connectivity index (χ1v) is 7.54. The minimum absolute atomic E-state index is 0.119. The van der Waals surface area contributed by atoms with Gasteiger partial charge in [-0.05, 0) is 45.0 Å². The normalized spacial score (nSPS) is 14.1. The highest BCUT2D eigenvalue weighted by Gasteiger charge is 2.21. The summed E-state index contributed by atoms with van der Waals surface area (Å²) in [6.07, 6.45) is 1.11. The molecule has 0 radical (unpaired) electrons. The Hall–Kier alpha value is -1.27. The van der Waals surface area contributed by atoms with Crippen LogP contribution in [-0.4, -0.2) is 31.4 Å². The monoisotopic (exact) mass is 272 g/mol. The molecule has 0 amide bonds. The Morgan fingerprint density at radius 2 is 1.61 bits per heavy atom. The van der Waals surface area contributed by atoms with Gasteiger partial charge < -0.3 is 10.4 Å². The van der Waals surface area contributed by atoms with Crippen LogP contribution in [0.2, 0.25) is 0 Å². The molecule has 3 N–H and O–H groups in total. The van der Waals surface area contributed by atoms with E-state index in [9.17, 15) is 13.5 Å².